The summed E-state index contributed by atoms with van der Waals surface area (Å²) in [6.45, 7) is 1.58. The Morgan fingerprint density at radius 1 is 1.32 bits per heavy atom. The Hall–Kier alpha value is -1.32. The first-order chi connectivity index (χ1) is 9.20. The maximum Gasteiger partial charge on any atom is 0.124 e. The lowest BCUT2D eigenvalue weighted by atomic mass is 10.2. The van der Waals surface area contributed by atoms with Gasteiger partial charge in [0.1, 0.15) is 5.82 Å². The highest BCUT2D eigenvalue weighted by Crippen LogP contribution is 2.20. The van der Waals surface area contributed by atoms with Crippen LogP contribution in [0.2, 0.25) is 5.02 Å². The lowest BCUT2D eigenvalue weighted by molar-refractivity contribution is 0.626. The first-order valence-electron chi connectivity index (χ1n) is 6.53. The quantitative estimate of drug-likeness (QED) is 0.885. The summed E-state index contributed by atoms with van der Waals surface area (Å²) in [5, 5.41) is 3.96. The van der Waals surface area contributed by atoms with Crippen molar-refractivity contribution in [2.45, 2.75) is 32.0 Å². The van der Waals surface area contributed by atoms with Crippen molar-refractivity contribution in [3.8, 4) is 0 Å². The average molecular weight is 279 g/mol. The number of halogens is 2. The molecule has 0 radical (unpaired) electrons. The van der Waals surface area contributed by atoms with E-state index in [0.717, 1.165) is 18.2 Å². The molecule has 2 nitrogen and oxygen atoms in total. The largest absolute Gasteiger partial charge is 0.350 e. The monoisotopic (exact) mass is 278 g/mol. The molecule has 3 rings (SSSR count). The van der Waals surface area contributed by atoms with E-state index in [1.54, 1.807) is 6.07 Å². The normalized spacial score (nSPS) is 14.8. The van der Waals surface area contributed by atoms with E-state index in [0.29, 0.717) is 11.6 Å². The van der Waals surface area contributed by atoms with Gasteiger partial charge in [0, 0.05) is 36.5 Å². The Balaban J connectivity index is 1.65. The third kappa shape index (κ3) is 3.37. The maximum absolute atomic E-state index is 13.0. The molecule has 0 aliphatic heterocycles. The zero-order chi connectivity index (χ0) is 13.2. The number of hydrogen-bond acceptors (Lipinski definition) is 1. The zero-order valence-corrected chi connectivity index (χ0v) is 11.3. The molecule has 0 spiro atoms. The molecular weight excluding hydrogens is 263 g/mol. The van der Waals surface area contributed by atoms with Crippen molar-refractivity contribution in [1.29, 1.82) is 0 Å². The van der Waals surface area contributed by atoms with Gasteiger partial charge in [0.25, 0.3) is 0 Å². The summed E-state index contributed by atoms with van der Waals surface area (Å²) in [6, 6.07) is 7.36. The van der Waals surface area contributed by atoms with Crippen molar-refractivity contribution in [3.63, 3.8) is 0 Å². The van der Waals surface area contributed by atoms with E-state index in [1.165, 1.54) is 30.5 Å². The number of aromatic nitrogens is 1. The van der Waals surface area contributed by atoms with E-state index in [4.69, 9.17) is 11.6 Å². The second kappa shape index (κ2) is 5.35. The Morgan fingerprint density at radius 3 is 2.89 bits per heavy atom. The van der Waals surface area contributed by atoms with Crippen LogP contribution in [0.1, 0.15) is 24.0 Å². The van der Waals surface area contributed by atoms with Crippen molar-refractivity contribution < 1.29 is 4.39 Å². The van der Waals surface area contributed by atoms with Crippen LogP contribution in [0.3, 0.4) is 0 Å². The maximum atomic E-state index is 13.0. The molecule has 1 aromatic heterocycles. The molecule has 0 amide bonds. The number of hydrogen-bond donors (Lipinski definition) is 1. The minimum absolute atomic E-state index is 0.296. The predicted molar refractivity (Wildman–Crippen MR) is 74.8 cm³/mol. The van der Waals surface area contributed by atoms with Crippen molar-refractivity contribution >= 4 is 11.6 Å². The molecule has 1 aromatic carbocycles. The summed E-state index contributed by atoms with van der Waals surface area (Å²) in [5.41, 5.74) is 2.20. The van der Waals surface area contributed by atoms with Crippen molar-refractivity contribution in [2.24, 2.45) is 0 Å². The molecular formula is C15H16ClFN2. The summed E-state index contributed by atoms with van der Waals surface area (Å²) in [5.74, 6) is -0.296. The molecule has 1 aliphatic rings. The van der Waals surface area contributed by atoms with Gasteiger partial charge in [-0.25, -0.2) is 4.39 Å². The Morgan fingerprint density at radius 2 is 2.16 bits per heavy atom. The number of nitrogens with one attached hydrogen (secondary N) is 1. The first kappa shape index (κ1) is 12.7. The van der Waals surface area contributed by atoms with Crippen molar-refractivity contribution in [1.82, 2.24) is 9.88 Å². The highest BCUT2D eigenvalue weighted by molar-refractivity contribution is 6.31. The summed E-state index contributed by atoms with van der Waals surface area (Å²) in [6.07, 6.45) is 6.73. The average Bonchev–Trinajstić information content (AvgIpc) is 3.10. The molecule has 0 atom stereocenters. The SMILES string of the molecule is Fc1ccc(Cn2ccc(CNC3CC3)c2)c(Cl)c1. The van der Waals surface area contributed by atoms with Crippen LogP contribution in [0, 0.1) is 5.82 Å². The standard InChI is InChI=1S/C15H16ClFN2/c16-15-7-13(17)2-1-12(15)10-19-6-5-11(9-19)8-18-14-3-4-14/h1-2,5-7,9,14,18H,3-4,8,10H2. The number of rotatable bonds is 5. The molecule has 0 unspecified atom stereocenters. The Labute approximate surface area is 117 Å². The topological polar surface area (TPSA) is 17.0 Å². The number of nitrogens with zero attached hydrogens (tertiary/aromatic N) is 1. The van der Waals surface area contributed by atoms with Gasteiger partial charge in [0.2, 0.25) is 0 Å². The van der Waals surface area contributed by atoms with Gasteiger partial charge < -0.3 is 9.88 Å². The van der Waals surface area contributed by atoms with Gasteiger partial charge in [-0.05, 0) is 42.2 Å². The molecule has 100 valence electrons. The van der Waals surface area contributed by atoms with Crippen molar-refractivity contribution in [3.05, 3.63) is 58.6 Å². The summed E-state index contributed by atoms with van der Waals surface area (Å²) < 4.78 is 15.0. The van der Waals surface area contributed by atoms with Gasteiger partial charge in [-0.2, -0.15) is 0 Å². The van der Waals surface area contributed by atoms with E-state index in [2.05, 4.69) is 22.1 Å². The predicted octanol–water partition coefficient (Wildman–Crippen LogP) is 3.58. The van der Waals surface area contributed by atoms with Crippen LogP contribution in [0.15, 0.2) is 36.7 Å². The Kier molecular flexibility index (Phi) is 3.58. The van der Waals surface area contributed by atoms with Gasteiger partial charge in [0.05, 0.1) is 0 Å². The van der Waals surface area contributed by atoms with Crippen LogP contribution in [-0.2, 0) is 13.1 Å². The fraction of sp³-hybridized carbons (Fsp3) is 0.333. The van der Waals surface area contributed by atoms with E-state index in [1.807, 2.05) is 6.20 Å². The lowest BCUT2D eigenvalue weighted by Crippen LogP contribution is -2.14. The molecule has 0 bridgehead atoms. The van der Waals surface area contributed by atoms with E-state index in [9.17, 15) is 4.39 Å². The van der Waals surface area contributed by atoms with Gasteiger partial charge in [0.15, 0.2) is 0 Å². The minimum Gasteiger partial charge on any atom is -0.350 e. The third-order valence-electron chi connectivity index (χ3n) is 3.35. The van der Waals surface area contributed by atoms with Crippen molar-refractivity contribution in [2.75, 3.05) is 0 Å². The van der Waals surface area contributed by atoms with Gasteiger partial charge >= 0.3 is 0 Å². The van der Waals surface area contributed by atoms with Gasteiger partial charge in [-0.3, -0.25) is 0 Å². The van der Waals surface area contributed by atoms with E-state index < -0.39 is 0 Å². The molecule has 1 N–H and O–H groups in total. The Bertz CT molecular complexity index is 575. The van der Waals surface area contributed by atoms with Crippen LogP contribution in [0.5, 0.6) is 0 Å². The fourth-order valence-electron chi connectivity index (χ4n) is 2.09. The highest BCUT2D eigenvalue weighted by atomic mass is 35.5. The summed E-state index contributed by atoms with van der Waals surface area (Å²) in [4.78, 5) is 0. The number of benzene rings is 1. The molecule has 1 saturated carbocycles. The summed E-state index contributed by atoms with van der Waals surface area (Å²) in [7, 11) is 0. The molecule has 2 aromatic rings. The second-order valence-electron chi connectivity index (χ2n) is 5.08. The third-order valence-corrected chi connectivity index (χ3v) is 3.70. The van der Waals surface area contributed by atoms with E-state index >= 15 is 0 Å². The van der Waals surface area contributed by atoms with Crippen LogP contribution < -0.4 is 5.32 Å². The van der Waals surface area contributed by atoms with Crippen LogP contribution in [-0.4, -0.2) is 10.6 Å². The van der Waals surface area contributed by atoms with Crippen LogP contribution >= 0.6 is 11.6 Å². The molecule has 1 aliphatic carbocycles. The molecule has 1 fully saturated rings. The lowest BCUT2D eigenvalue weighted by Gasteiger charge is -2.06. The molecule has 19 heavy (non-hydrogen) atoms. The second-order valence-corrected chi connectivity index (χ2v) is 5.49. The first-order valence-corrected chi connectivity index (χ1v) is 6.90. The highest BCUT2D eigenvalue weighted by Gasteiger charge is 2.19. The summed E-state index contributed by atoms with van der Waals surface area (Å²) >= 11 is 6.03. The minimum atomic E-state index is -0.296. The fourth-order valence-corrected chi connectivity index (χ4v) is 2.32. The van der Waals surface area contributed by atoms with Crippen LogP contribution in [0.25, 0.3) is 0 Å². The molecule has 1 heterocycles. The zero-order valence-electron chi connectivity index (χ0n) is 10.6. The van der Waals surface area contributed by atoms with E-state index in [-0.39, 0.29) is 5.82 Å². The van der Waals surface area contributed by atoms with Crippen LogP contribution in [0.4, 0.5) is 4.39 Å². The smallest absolute Gasteiger partial charge is 0.124 e. The van der Waals surface area contributed by atoms with Gasteiger partial charge in [-0.15, -0.1) is 0 Å². The van der Waals surface area contributed by atoms with Gasteiger partial charge in [-0.1, -0.05) is 17.7 Å². The molecule has 0 saturated heterocycles. The molecule has 4 heteroatoms.